The van der Waals surface area contributed by atoms with Crippen molar-refractivity contribution in [3.05, 3.63) is 0 Å². The molecule has 0 spiro atoms. The van der Waals surface area contributed by atoms with E-state index >= 15 is 0 Å². The van der Waals surface area contributed by atoms with Crippen molar-refractivity contribution < 1.29 is 9.90 Å². The molecule has 16 heavy (non-hydrogen) atoms. The second-order valence-electron chi connectivity index (χ2n) is 4.87. The van der Waals surface area contributed by atoms with Crippen LogP contribution < -0.4 is 5.32 Å². The number of amides is 1. The summed E-state index contributed by atoms with van der Waals surface area (Å²) in [7, 11) is 0. The topological polar surface area (TPSA) is 52.6 Å². The number of aliphatic hydroxyl groups is 1. The van der Waals surface area contributed by atoms with Gasteiger partial charge in [-0.05, 0) is 38.6 Å². The molecule has 2 aliphatic heterocycles. The molecule has 92 valence electrons. The first-order chi connectivity index (χ1) is 7.83. The highest BCUT2D eigenvalue weighted by Gasteiger charge is 2.31. The second kappa shape index (κ2) is 5.64. The molecule has 0 radical (unpaired) electrons. The van der Waals surface area contributed by atoms with Crippen LogP contribution in [0.15, 0.2) is 0 Å². The molecule has 4 heteroatoms. The van der Waals surface area contributed by atoms with Crippen LogP contribution in [0.5, 0.6) is 0 Å². The van der Waals surface area contributed by atoms with Gasteiger partial charge in [0.05, 0.1) is 18.7 Å². The van der Waals surface area contributed by atoms with Crippen LogP contribution in [0.1, 0.15) is 38.5 Å². The number of hydrogen-bond donors (Lipinski definition) is 2. The standard InChI is InChI=1S/C12H22N2O2/c15-9-10-5-2-4-8-14(10)12(16)11-6-1-3-7-13-11/h10-11,13,15H,1-9H2/t10?,11-/m0/s1. The van der Waals surface area contributed by atoms with Crippen molar-refractivity contribution in [2.75, 3.05) is 19.7 Å². The van der Waals surface area contributed by atoms with Gasteiger partial charge < -0.3 is 15.3 Å². The van der Waals surface area contributed by atoms with Crippen molar-refractivity contribution in [2.45, 2.75) is 50.6 Å². The Bertz CT molecular complexity index is 239. The Morgan fingerprint density at radius 1 is 1.25 bits per heavy atom. The quantitative estimate of drug-likeness (QED) is 0.721. The van der Waals surface area contributed by atoms with Crippen molar-refractivity contribution in [3.63, 3.8) is 0 Å². The Kier molecular flexibility index (Phi) is 4.18. The van der Waals surface area contributed by atoms with E-state index in [0.29, 0.717) is 0 Å². The molecule has 0 aromatic heterocycles. The molecule has 2 saturated heterocycles. The molecule has 4 nitrogen and oxygen atoms in total. The third-order valence-corrected chi connectivity index (χ3v) is 3.73. The molecule has 0 saturated carbocycles. The molecular weight excluding hydrogens is 204 g/mol. The van der Waals surface area contributed by atoms with Gasteiger partial charge in [0.25, 0.3) is 0 Å². The fraction of sp³-hybridized carbons (Fsp3) is 0.917. The van der Waals surface area contributed by atoms with Crippen LogP contribution in [0.2, 0.25) is 0 Å². The molecule has 1 unspecified atom stereocenters. The SMILES string of the molecule is O=C([C@@H]1CCCCN1)N1CCCCC1CO. The van der Waals surface area contributed by atoms with E-state index in [1.165, 1.54) is 6.42 Å². The van der Waals surface area contributed by atoms with E-state index in [-0.39, 0.29) is 24.6 Å². The molecule has 2 heterocycles. The Balaban J connectivity index is 1.95. The molecule has 2 atom stereocenters. The third kappa shape index (κ3) is 2.55. The first-order valence-corrected chi connectivity index (χ1v) is 6.47. The van der Waals surface area contributed by atoms with Crippen LogP contribution in [-0.4, -0.2) is 47.7 Å². The van der Waals surface area contributed by atoms with Gasteiger partial charge in [-0.2, -0.15) is 0 Å². The molecule has 0 bridgehead atoms. The summed E-state index contributed by atoms with van der Waals surface area (Å²) in [6, 6.07) is 0.0610. The minimum absolute atomic E-state index is 0.000833. The number of piperidine rings is 2. The van der Waals surface area contributed by atoms with Crippen molar-refractivity contribution >= 4 is 5.91 Å². The number of carbonyl (C=O) groups is 1. The fourth-order valence-electron chi connectivity index (χ4n) is 2.74. The fourth-order valence-corrected chi connectivity index (χ4v) is 2.74. The largest absolute Gasteiger partial charge is 0.394 e. The molecule has 0 aromatic carbocycles. The highest BCUT2D eigenvalue weighted by atomic mass is 16.3. The van der Waals surface area contributed by atoms with E-state index in [4.69, 9.17) is 0 Å². The van der Waals surface area contributed by atoms with E-state index in [1.54, 1.807) is 0 Å². The lowest BCUT2D eigenvalue weighted by Crippen LogP contribution is -2.54. The summed E-state index contributed by atoms with van der Waals surface area (Å²) in [6.07, 6.45) is 6.43. The summed E-state index contributed by atoms with van der Waals surface area (Å²) < 4.78 is 0. The summed E-state index contributed by atoms with van der Waals surface area (Å²) in [4.78, 5) is 14.2. The predicted molar refractivity (Wildman–Crippen MR) is 62.1 cm³/mol. The second-order valence-corrected chi connectivity index (χ2v) is 4.87. The summed E-state index contributed by atoms with van der Waals surface area (Å²) >= 11 is 0. The van der Waals surface area contributed by atoms with Gasteiger partial charge in [0.2, 0.25) is 5.91 Å². The lowest BCUT2D eigenvalue weighted by atomic mass is 9.98. The van der Waals surface area contributed by atoms with Gasteiger partial charge in [-0.15, -0.1) is 0 Å². The predicted octanol–water partition coefficient (Wildman–Crippen LogP) is 0.502. The van der Waals surface area contributed by atoms with Crippen LogP contribution in [0.4, 0.5) is 0 Å². The minimum atomic E-state index is 0.000833. The zero-order valence-corrected chi connectivity index (χ0v) is 9.82. The maximum atomic E-state index is 12.3. The van der Waals surface area contributed by atoms with Crippen molar-refractivity contribution in [1.82, 2.24) is 10.2 Å². The van der Waals surface area contributed by atoms with E-state index < -0.39 is 0 Å². The van der Waals surface area contributed by atoms with Crippen LogP contribution in [0, 0.1) is 0 Å². The molecule has 2 aliphatic rings. The maximum Gasteiger partial charge on any atom is 0.240 e. The van der Waals surface area contributed by atoms with Crippen LogP contribution in [0.3, 0.4) is 0 Å². The number of nitrogens with zero attached hydrogens (tertiary/aromatic N) is 1. The number of nitrogens with one attached hydrogen (secondary N) is 1. The monoisotopic (exact) mass is 226 g/mol. The summed E-state index contributed by atoms with van der Waals surface area (Å²) in [5.74, 6) is 0.207. The molecule has 2 fully saturated rings. The van der Waals surface area contributed by atoms with Gasteiger partial charge in [0.1, 0.15) is 0 Å². The summed E-state index contributed by atoms with van der Waals surface area (Å²) in [6.45, 7) is 1.88. The van der Waals surface area contributed by atoms with Gasteiger partial charge in [-0.25, -0.2) is 0 Å². The van der Waals surface area contributed by atoms with E-state index in [2.05, 4.69) is 5.32 Å². The number of carbonyl (C=O) groups excluding carboxylic acids is 1. The van der Waals surface area contributed by atoms with Gasteiger partial charge in [0.15, 0.2) is 0 Å². The van der Waals surface area contributed by atoms with Gasteiger partial charge in [-0.3, -0.25) is 4.79 Å². The Morgan fingerprint density at radius 2 is 2.06 bits per heavy atom. The zero-order chi connectivity index (χ0) is 11.4. The summed E-state index contributed by atoms with van der Waals surface area (Å²) in [5.41, 5.74) is 0. The normalized spacial score (nSPS) is 31.4. The number of rotatable bonds is 2. The average Bonchev–Trinajstić information content (AvgIpc) is 2.39. The van der Waals surface area contributed by atoms with E-state index in [0.717, 1.165) is 45.2 Å². The van der Waals surface area contributed by atoms with Crippen LogP contribution >= 0.6 is 0 Å². The Morgan fingerprint density at radius 3 is 2.75 bits per heavy atom. The smallest absolute Gasteiger partial charge is 0.240 e. The average molecular weight is 226 g/mol. The number of aliphatic hydroxyl groups excluding tert-OH is 1. The minimum Gasteiger partial charge on any atom is -0.394 e. The van der Waals surface area contributed by atoms with Crippen LogP contribution in [-0.2, 0) is 4.79 Å². The van der Waals surface area contributed by atoms with Crippen molar-refractivity contribution in [1.29, 1.82) is 0 Å². The molecular formula is C12H22N2O2. The molecule has 1 amide bonds. The molecule has 2 rings (SSSR count). The molecule has 0 aromatic rings. The summed E-state index contributed by atoms with van der Waals surface area (Å²) in [5, 5.41) is 12.6. The van der Waals surface area contributed by atoms with Crippen LogP contribution in [0.25, 0.3) is 0 Å². The van der Waals surface area contributed by atoms with E-state index in [9.17, 15) is 9.90 Å². The van der Waals surface area contributed by atoms with Gasteiger partial charge >= 0.3 is 0 Å². The van der Waals surface area contributed by atoms with Gasteiger partial charge in [-0.1, -0.05) is 6.42 Å². The lowest BCUT2D eigenvalue weighted by Gasteiger charge is -2.38. The van der Waals surface area contributed by atoms with E-state index in [1.807, 2.05) is 4.90 Å². The maximum absolute atomic E-state index is 12.3. The van der Waals surface area contributed by atoms with Crippen molar-refractivity contribution in [2.24, 2.45) is 0 Å². The Labute approximate surface area is 97.0 Å². The van der Waals surface area contributed by atoms with Crippen molar-refractivity contribution in [3.8, 4) is 0 Å². The first-order valence-electron chi connectivity index (χ1n) is 6.47. The molecule has 2 N–H and O–H groups in total. The number of hydrogen-bond acceptors (Lipinski definition) is 3. The highest BCUT2D eigenvalue weighted by Crippen LogP contribution is 2.19. The number of likely N-dealkylation sites (tertiary alicyclic amines) is 1. The lowest BCUT2D eigenvalue weighted by molar-refractivity contribution is -0.138. The Hall–Kier alpha value is -0.610. The first kappa shape index (κ1) is 11.9. The molecule has 0 aliphatic carbocycles. The highest BCUT2D eigenvalue weighted by molar-refractivity contribution is 5.82. The zero-order valence-electron chi connectivity index (χ0n) is 9.82. The third-order valence-electron chi connectivity index (χ3n) is 3.73. The van der Waals surface area contributed by atoms with Gasteiger partial charge in [0, 0.05) is 6.54 Å².